The van der Waals surface area contributed by atoms with Crippen molar-refractivity contribution in [1.82, 2.24) is 58.5 Å². The monoisotopic (exact) mass is 1200 g/mol. The summed E-state index contributed by atoms with van der Waals surface area (Å²) in [6.07, 6.45) is -5.81. The van der Waals surface area contributed by atoms with Gasteiger partial charge in [0.05, 0.1) is 63.8 Å². The molecule has 0 aromatic heterocycles. The minimum absolute atomic E-state index is 0.101. The van der Waals surface area contributed by atoms with Crippen molar-refractivity contribution in [2.75, 3.05) is 19.6 Å². The summed E-state index contributed by atoms with van der Waals surface area (Å²) in [5.41, 5.74) is 1.03. The van der Waals surface area contributed by atoms with Crippen LogP contribution in [0.5, 0.6) is 0 Å². The van der Waals surface area contributed by atoms with Gasteiger partial charge in [-0.1, -0.05) is 88.4 Å². The summed E-state index contributed by atoms with van der Waals surface area (Å²) >= 11 is 0. The van der Waals surface area contributed by atoms with E-state index in [4.69, 9.17) is 5.11 Å². The van der Waals surface area contributed by atoms with Crippen LogP contribution in [0.4, 0.5) is 0 Å². The predicted octanol–water partition coefficient (Wildman–Crippen LogP) is -4.80. The van der Waals surface area contributed by atoms with E-state index in [1.54, 1.807) is 88.4 Å². The SMILES string of the molecule is CC(=O)C(NC(=O)C(Cc1ccccc1)NC(=O)C(Cc1ccccc1)NC(=O)C(CC(=O)O)NC(=O)C(CC(=O)O)NC(=O)C(CC(=O)O)NC(=O)CNC(=O)CNC(=O)CNC(=O)C(CC(=O)O)NC(=O)C(CC(=O)O)NC(C)C)C(C)C. The number of hydrogen-bond donors (Lipinski definition) is 16. The molecule has 16 N–H and O–H groups in total. The lowest BCUT2D eigenvalue weighted by atomic mass is 9.98. The summed E-state index contributed by atoms with van der Waals surface area (Å²) in [5.74, 6) is -20.6. The maximum absolute atomic E-state index is 14.2. The van der Waals surface area contributed by atoms with Crippen molar-refractivity contribution in [2.45, 2.75) is 134 Å². The Morgan fingerprint density at radius 2 is 0.647 bits per heavy atom. The maximum atomic E-state index is 14.2. The van der Waals surface area contributed by atoms with Crippen LogP contribution in [0, 0.1) is 5.92 Å². The Morgan fingerprint density at radius 3 is 1.00 bits per heavy atom. The van der Waals surface area contributed by atoms with Gasteiger partial charge in [-0.25, -0.2) is 0 Å². The van der Waals surface area contributed by atoms with Gasteiger partial charge in [0, 0.05) is 18.9 Å². The lowest BCUT2D eigenvalue weighted by Crippen LogP contribution is -2.60. The number of carboxylic acids is 5. The molecule has 0 fully saturated rings. The first-order valence-corrected chi connectivity index (χ1v) is 26.2. The maximum Gasteiger partial charge on any atom is 0.305 e. The van der Waals surface area contributed by atoms with E-state index < -0.39 is 195 Å². The van der Waals surface area contributed by atoms with Crippen LogP contribution in [0.2, 0.25) is 0 Å². The number of amides is 10. The van der Waals surface area contributed by atoms with Gasteiger partial charge in [0.25, 0.3) is 0 Å². The van der Waals surface area contributed by atoms with E-state index in [1.807, 2.05) is 21.3 Å². The predicted molar refractivity (Wildman–Crippen MR) is 292 cm³/mol. The number of ketones is 1. The Hall–Kier alpha value is -9.88. The van der Waals surface area contributed by atoms with Gasteiger partial charge in [0.2, 0.25) is 59.1 Å². The molecular formula is C53H71N11O21. The highest BCUT2D eigenvalue weighted by atomic mass is 16.4. The fourth-order valence-electron chi connectivity index (χ4n) is 7.83. The zero-order valence-electron chi connectivity index (χ0n) is 46.9. The van der Waals surface area contributed by atoms with Crippen LogP contribution in [0.25, 0.3) is 0 Å². The van der Waals surface area contributed by atoms with Crippen molar-refractivity contribution < 1.29 is 102 Å². The smallest absolute Gasteiger partial charge is 0.305 e. The number of rotatable bonds is 38. The Balaban J connectivity index is 2.22. The molecule has 0 aliphatic heterocycles. The van der Waals surface area contributed by atoms with E-state index in [1.165, 1.54) is 6.92 Å². The fraction of sp³-hybridized carbons (Fsp3) is 0.472. The average molecular weight is 1200 g/mol. The fourth-order valence-corrected chi connectivity index (χ4v) is 7.83. The van der Waals surface area contributed by atoms with Crippen molar-refractivity contribution in [3.63, 3.8) is 0 Å². The molecule has 32 nitrogen and oxygen atoms in total. The van der Waals surface area contributed by atoms with Crippen molar-refractivity contribution >= 4 is 94.7 Å². The van der Waals surface area contributed by atoms with Crippen LogP contribution < -0.4 is 58.5 Å². The molecule has 0 bridgehead atoms. The number of hydrogen-bond acceptors (Lipinski definition) is 17. The molecule has 0 radical (unpaired) electrons. The first-order valence-electron chi connectivity index (χ1n) is 26.2. The first kappa shape index (κ1) is 71.2. The van der Waals surface area contributed by atoms with Crippen molar-refractivity contribution in [3.05, 3.63) is 71.8 Å². The summed E-state index contributed by atoms with van der Waals surface area (Å²) < 4.78 is 0. The van der Waals surface area contributed by atoms with E-state index in [2.05, 4.69) is 37.2 Å². The third-order valence-electron chi connectivity index (χ3n) is 11.8. The molecule has 0 spiro atoms. The van der Waals surface area contributed by atoms with Gasteiger partial charge in [-0.05, 0) is 24.0 Å². The number of carbonyl (C=O) groups excluding carboxylic acids is 11. The molecule has 0 saturated carbocycles. The quantitative estimate of drug-likeness (QED) is 0.0300. The Bertz CT molecular complexity index is 2760. The zero-order chi connectivity index (χ0) is 64.1. The minimum Gasteiger partial charge on any atom is -0.481 e. The Labute approximate surface area is 485 Å². The summed E-state index contributed by atoms with van der Waals surface area (Å²) in [7, 11) is 0. The molecule has 0 aliphatic rings. The lowest BCUT2D eigenvalue weighted by Gasteiger charge is -2.27. The van der Waals surface area contributed by atoms with Gasteiger partial charge >= 0.3 is 29.8 Å². The number of carbonyl (C=O) groups is 16. The van der Waals surface area contributed by atoms with Crippen molar-refractivity contribution in [2.24, 2.45) is 5.92 Å². The van der Waals surface area contributed by atoms with E-state index in [0.29, 0.717) is 11.1 Å². The van der Waals surface area contributed by atoms with Crippen LogP contribution >= 0.6 is 0 Å². The third-order valence-corrected chi connectivity index (χ3v) is 11.8. The highest BCUT2D eigenvalue weighted by Crippen LogP contribution is 2.11. The summed E-state index contributed by atoms with van der Waals surface area (Å²) in [4.78, 5) is 204. The first-order chi connectivity index (χ1) is 39.8. The number of benzene rings is 2. The molecule has 8 unspecified atom stereocenters. The number of carboxylic acid groups (broad SMARTS) is 5. The van der Waals surface area contributed by atoms with Gasteiger partial charge in [0.1, 0.15) is 36.3 Å². The lowest BCUT2D eigenvalue weighted by molar-refractivity contribution is -0.144. The number of nitrogens with one attached hydrogen (secondary N) is 11. The molecule has 85 heavy (non-hydrogen) atoms. The highest BCUT2D eigenvalue weighted by molar-refractivity contribution is 6.00. The van der Waals surface area contributed by atoms with Gasteiger partial charge < -0.3 is 84.0 Å². The van der Waals surface area contributed by atoms with Gasteiger partial charge in [-0.2, -0.15) is 0 Å². The minimum atomic E-state index is -2.22. The highest BCUT2D eigenvalue weighted by Gasteiger charge is 2.36. The molecular weight excluding hydrogens is 1130 g/mol. The van der Waals surface area contributed by atoms with E-state index in [-0.39, 0.29) is 24.5 Å². The van der Waals surface area contributed by atoms with Gasteiger partial charge in [-0.3, -0.25) is 76.7 Å². The van der Waals surface area contributed by atoms with Crippen LogP contribution in [0.3, 0.4) is 0 Å². The molecule has 464 valence electrons. The molecule has 2 rings (SSSR count). The second kappa shape index (κ2) is 35.9. The molecule has 2 aromatic rings. The Kier molecular flexibility index (Phi) is 30.1. The number of Topliss-reactive ketones (excluding diaryl/α,β-unsaturated/α-hetero) is 1. The van der Waals surface area contributed by atoms with Crippen molar-refractivity contribution in [1.29, 1.82) is 0 Å². The average Bonchev–Trinajstić information content (AvgIpc) is 3.63. The number of aliphatic carboxylic acids is 5. The largest absolute Gasteiger partial charge is 0.481 e. The summed E-state index contributed by atoms with van der Waals surface area (Å²) in [6, 6.07) is 2.53. The normalized spacial score (nSPS) is 13.6. The third kappa shape index (κ3) is 28.1. The second-order valence-electron chi connectivity index (χ2n) is 19.8. The molecule has 2 aromatic carbocycles. The van der Waals surface area contributed by atoms with Crippen molar-refractivity contribution in [3.8, 4) is 0 Å². The second-order valence-corrected chi connectivity index (χ2v) is 19.8. The summed E-state index contributed by atoms with van der Waals surface area (Å²) in [6.45, 7) is 5.08. The standard InChI is InChI=1S/C53H71N11O21/c1-26(2)46(28(5)65)64-53(85)32(17-30-14-10-7-11-15-30)60-48(80)31(16-29-12-8-6-9-13-29)59-51(83)36(21-44(75)76)63-52(84)37(22-45(77)78)62-50(82)35(20-43(73)74)58-40(68)25-55-38(66)23-54-39(67)24-56-47(79)33(18-41(69)70)61-49(81)34(19-42(71)72)57-27(3)4/h6-15,26-27,31-37,46,57H,16-25H2,1-5H3,(H,54,67)(H,55,66)(H,56,79)(H,58,68)(H,59,83)(H,60,80)(H,61,81)(H,62,82)(H,63,84)(H,64,85)(H,69,70)(H,71,72)(H,73,74)(H,75,76)(H,77,78). The van der Waals surface area contributed by atoms with Crippen LogP contribution in [-0.2, 0) is 89.6 Å². The zero-order valence-corrected chi connectivity index (χ0v) is 46.9. The van der Waals surface area contributed by atoms with Gasteiger partial charge in [0.15, 0.2) is 5.78 Å². The Morgan fingerprint density at radius 1 is 0.353 bits per heavy atom. The molecule has 0 saturated heterocycles. The van der Waals surface area contributed by atoms with Crippen LogP contribution in [-0.4, -0.2) is 194 Å². The van der Waals surface area contributed by atoms with Crippen LogP contribution in [0.1, 0.15) is 77.8 Å². The molecule has 0 heterocycles. The molecule has 32 heteroatoms. The van der Waals surface area contributed by atoms with E-state index in [0.717, 1.165) is 0 Å². The molecule has 0 aliphatic carbocycles. The van der Waals surface area contributed by atoms with E-state index in [9.17, 15) is 97.1 Å². The molecule has 8 atom stereocenters. The summed E-state index contributed by atoms with van der Waals surface area (Å²) in [5, 5.41) is 71.9. The topological polar surface area (TPSA) is 507 Å². The van der Waals surface area contributed by atoms with E-state index >= 15 is 0 Å². The van der Waals surface area contributed by atoms with Crippen LogP contribution in [0.15, 0.2) is 60.7 Å². The van der Waals surface area contributed by atoms with Gasteiger partial charge in [-0.15, -0.1) is 0 Å². The molecule has 10 amide bonds.